The number of amides is 1. The van der Waals surface area contributed by atoms with E-state index in [-0.39, 0.29) is 44.4 Å². The van der Waals surface area contributed by atoms with Crippen molar-refractivity contribution in [3.8, 4) is 0 Å². The highest BCUT2D eigenvalue weighted by Gasteiger charge is 2.38. The second-order valence-corrected chi connectivity index (χ2v) is 17.3. The molecule has 1 unspecified atom stereocenters. The number of nitrogens with one attached hydrogen (secondary N) is 1. The van der Waals surface area contributed by atoms with Gasteiger partial charge >= 0.3 is 12.4 Å². The van der Waals surface area contributed by atoms with Gasteiger partial charge in [0.1, 0.15) is 24.6 Å². The van der Waals surface area contributed by atoms with E-state index < -0.39 is 61.5 Å². The molecule has 0 aliphatic carbocycles. The van der Waals surface area contributed by atoms with Gasteiger partial charge in [-0.1, -0.05) is 24.8 Å². The summed E-state index contributed by atoms with van der Waals surface area (Å²) in [4.78, 5) is 41.2. The van der Waals surface area contributed by atoms with E-state index in [1.807, 2.05) is 0 Å². The molecule has 1 aliphatic heterocycles. The number of ether oxygens (including phenoxy) is 1. The van der Waals surface area contributed by atoms with Crippen LogP contribution in [-0.2, 0) is 33.5 Å². The van der Waals surface area contributed by atoms with Crippen molar-refractivity contribution in [3.05, 3.63) is 40.1 Å². The normalized spacial score (nSPS) is 15.7. The number of nitrogens with zero attached hydrogens (tertiary/aromatic N) is 7. The lowest BCUT2D eigenvalue weighted by atomic mass is 10.2. The Morgan fingerprint density at radius 2 is 1.67 bits per heavy atom. The molecule has 250 valence electrons. The molecule has 1 saturated heterocycles. The van der Waals surface area contributed by atoms with E-state index in [9.17, 15) is 35.9 Å². The molecule has 3 rings (SSSR count). The molecule has 19 heteroatoms. The number of anilines is 2. The SMILES string of the molecule is CC(=NOCC(C)Nc1cnn(COCC[Si](C)(C)C)c(=O)c1C(F)(F)F)C(=O)N1CCN(c2ncc(C(F)(F)F)cn2)CC1. The molecule has 0 saturated carbocycles. The van der Waals surface area contributed by atoms with Crippen LogP contribution in [0.2, 0.25) is 25.7 Å². The highest BCUT2D eigenvalue weighted by molar-refractivity contribution is 6.76. The Morgan fingerprint density at radius 3 is 2.22 bits per heavy atom. The lowest BCUT2D eigenvalue weighted by molar-refractivity contribution is -0.139. The highest BCUT2D eigenvalue weighted by atomic mass is 28.3. The van der Waals surface area contributed by atoms with Crippen LogP contribution in [0, 0.1) is 0 Å². The predicted molar refractivity (Wildman–Crippen MR) is 156 cm³/mol. The van der Waals surface area contributed by atoms with Crippen LogP contribution in [0.15, 0.2) is 28.5 Å². The number of carbonyl (C=O) groups is 1. The largest absolute Gasteiger partial charge is 0.423 e. The third-order valence-electron chi connectivity index (χ3n) is 6.59. The maximum Gasteiger partial charge on any atom is 0.423 e. The number of halogens is 6. The zero-order chi connectivity index (χ0) is 33.6. The fraction of sp³-hybridized carbons (Fsp3) is 0.615. The van der Waals surface area contributed by atoms with E-state index >= 15 is 0 Å². The first kappa shape index (κ1) is 35.7. The third-order valence-corrected chi connectivity index (χ3v) is 8.29. The zero-order valence-corrected chi connectivity index (χ0v) is 26.5. The van der Waals surface area contributed by atoms with Gasteiger partial charge in [-0.3, -0.25) is 9.59 Å². The van der Waals surface area contributed by atoms with Gasteiger partial charge < -0.3 is 24.7 Å². The van der Waals surface area contributed by atoms with Crippen LogP contribution in [0.4, 0.5) is 38.0 Å². The van der Waals surface area contributed by atoms with Crippen molar-refractivity contribution in [2.24, 2.45) is 5.16 Å². The number of oxime groups is 1. The van der Waals surface area contributed by atoms with Gasteiger partial charge in [-0.05, 0) is 19.9 Å². The number of alkyl halides is 6. The first-order valence-electron chi connectivity index (χ1n) is 14.0. The summed E-state index contributed by atoms with van der Waals surface area (Å²) in [7, 11) is -1.43. The van der Waals surface area contributed by atoms with Crippen LogP contribution in [0.3, 0.4) is 0 Å². The Labute approximate surface area is 256 Å². The molecule has 45 heavy (non-hydrogen) atoms. The van der Waals surface area contributed by atoms with Crippen molar-refractivity contribution < 1.29 is 40.7 Å². The first-order chi connectivity index (χ1) is 20.9. The number of hydrogen-bond acceptors (Lipinski definition) is 10. The van der Waals surface area contributed by atoms with E-state index in [0.29, 0.717) is 23.7 Å². The minimum Gasteiger partial charge on any atom is -0.393 e. The molecular formula is C26H36F6N8O4Si. The number of carbonyl (C=O) groups excluding carboxylic acids is 1. The summed E-state index contributed by atoms with van der Waals surface area (Å²) in [5, 5.41) is 10.2. The average Bonchev–Trinajstić information content (AvgIpc) is 2.94. The van der Waals surface area contributed by atoms with Gasteiger partial charge in [0.25, 0.3) is 11.5 Å². The maximum atomic E-state index is 13.8. The Balaban J connectivity index is 1.53. The average molecular weight is 667 g/mol. The van der Waals surface area contributed by atoms with Gasteiger partial charge in [-0.25, -0.2) is 14.6 Å². The number of aromatic nitrogens is 4. The van der Waals surface area contributed by atoms with Crippen LogP contribution < -0.4 is 15.8 Å². The second kappa shape index (κ2) is 14.6. The summed E-state index contributed by atoms with van der Waals surface area (Å²) >= 11 is 0. The minimum absolute atomic E-state index is 0.0178. The molecule has 2 aromatic rings. The molecular weight excluding hydrogens is 630 g/mol. The van der Waals surface area contributed by atoms with Gasteiger partial charge in [0.05, 0.1) is 23.5 Å². The lowest BCUT2D eigenvalue weighted by Gasteiger charge is -2.34. The van der Waals surface area contributed by atoms with Crippen molar-refractivity contribution in [2.45, 2.75) is 64.7 Å². The molecule has 2 aromatic heterocycles. The molecule has 0 aromatic carbocycles. The summed E-state index contributed by atoms with van der Waals surface area (Å²) in [6.07, 6.45) is -7.22. The fourth-order valence-electron chi connectivity index (χ4n) is 4.05. The van der Waals surface area contributed by atoms with Crippen LogP contribution in [0.5, 0.6) is 0 Å². The number of hydrogen-bond donors (Lipinski definition) is 1. The molecule has 3 heterocycles. The van der Waals surface area contributed by atoms with Crippen LogP contribution in [-0.4, -0.2) is 89.8 Å². The van der Waals surface area contributed by atoms with E-state index in [1.54, 1.807) is 4.90 Å². The quantitative estimate of drug-likeness (QED) is 0.118. The molecule has 1 atom stereocenters. The molecule has 12 nitrogen and oxygen atoms in total. The standard InChI is InChI=1S/C26H36F6N8O4Si/c1-17(36-20-14-35-40(16-43-10-11-45(3,4)5)23(42)21(20)26(30,31)32)15-44-37-18(2)22(41)38-6-8-39(9-7-38)24-33-12-19(13-34-24)25(27,28)29/h12-14,17,36H,6-11,15-16H2,1-5H3. The summed E-state index contributed by atoms with van der Waals surface area (Å²) < 4.78 is 85.7. The van der Waals surface area contributed by atoms with Crippen molar-refractivity contribution >= 4 is 31.3 Å². The first-order valence-corrected chi connectivity index (χ1v) is 17.7. The number of rotatable bonds is 12. The summed E-state index contributed by atoms with van der Waals surface area (Å²) in [5.74, 6) is -0.347. The van der Waals surface area contributed by atoms with E-state index in [1.165, 1.54) is 18.7 Å². The fourth-order valence-corrected chi connectivity index (χ4v) is 4.81. The van der Waals surface area contributed by atoms with Crippen molar-refractivity contribution in [3.63, 3.8) is 0 Å². The van der Waals surface area contributed by atoms with Gasteiger partial charge in [-0.15, -0.1) is 0 Å². The summed E-state index contributed by atoms with van der Waals surface area (Å²) in [6, 6.07) is 0.00589. The monoisotopic (exact) mass is 666 g/mol. The van der Waals surface area contributed by atoms with Gasteiger partial charge in [-0.2, -0.15) is 31.4 Å². The summed E-state index contributed by atoms with van der Waals surface area (Å²) in [5.41, 5.74) is -4.29. The van der Waals surface area contributed by atoms with E-state index in [4.69, 9.17) is 9.57 Å². The highest BCUT2D eigenvalue weighted by Crippen LogP contribution is 2.32. The van der Waals surface area contributed by atoms with Gasteiger partial charge in [0.15, 0.2) is 0 Å². The smallest absolute Gasteiger partial charge is 0.393 e. The summed E-state index contributed by atoms with van der Waals surface area (Å²) in [6.45, 7) is 9.88. The third kappa shape index (κ3) is 10.4. The van der Waals surface area contributed by atoms with Crippen molar-refractivity contribution in [1.29, 1.82) is 0 Å². The molecule has 1 aliphatic rings. The topological polar surface area (TPSA) is 127 Å². The second-order valence-electron chi connectivity index (χ2n) is 11.7. The van der Waals surface area contributed by atoms with Gasteiger partial charge in [0, 0.05) is 53.3 Å². The Morgan fingerprint density at radius 1 is 1.04 bits per heavy atom. The van der Waals surface area contributed by atoms with Gasteiger partial charge in [0.2, 0.25) is 5.95 Å². The Hall–Kier alpha value is -3.74. The predicted octanol–water partition coefficient (Wildman–Crippen LogP) is 3.92. The molecule has 1 amide bonds. The molecule has 0 spiro atoms. The van der Waals surface area contributed by atoms with Crippen molar-refractivity contribution in [1.82, 2.24) is 24.6 Å². The Kier molecular flexibility index (Phi) is 11.6. The van der Waals surface area contributed by atoms with Crippen LogP contribution in [0.1, 0.15) is 25.0 Å². The van der Waals surface area contributed by atoms with Crippen LogP contribution in [0.25, 0.3) is 0 Å². The van der Waals surface area contributed by atoms with E-state index in [0.717, 1.165) is 12.2 Å². The number of piperazine rings is 1. The zero-order valence-electron chi connectivity index (χ0n) is 25.5. The maximum absolute atomic E-state index is 13.8. The van der Waals surface area contributed by atoms with Crippen molar-refractivity contribution in [2.75, 3.05) is 49.6 Å². The molecule has 0 bridgehead atoms. The lowest BCUT2D eigenvalue weighted by Crippen LogP contribution is -2.50. The molecule has 1 N–H and O–H groups in total. The molecule has 1 fully saturated rings. The Bertz CT molecular complexity index is 1390. The minimum atomic E-state index is -4.97. The van der Waals surface area contributed by atoms with E-state index in [2.05, 4.69) is 45.2 Å². The van der Waals surface area contributed by atoms with Crippen LogP contribution >= 0.6 is 0 Å². The molecule has 0 radical (unpaired) electrons.